The summed E-state index contributed by atoms with van der Waals surface area (Å²) in [6.07, 6.45) is 0. The van der Waals surface area contributed by atoms with Gasteiger partial charge < -0.3 is 0 Å². The average molecular weight is 416 g/mol. The molecular formula is C18H20ClF2N3O2S. The van der Waals surface area contributed by atoms with Gasteiger partial charge in [0.05, 0.1) is 6.04 Å². The fourth-order valence-electron chi connectivity index (χ4n) is 3.45. The zero-order valence-electron chi connectivity index (χ0n) is 15.1. The molecule has 0 spiro atoms. The molecule has 0 radical (unpaired) electrons. The molecule has 0 N–H and O–H groups in total. The molecule has 0 aliphatic carbocycles. The number of likely N-dealkylation sites (N-methyl/N-ethyl adjacent to an activating group) is 1. The minimum Gasteiger partial charge on any atom is -0.229 e. The third-order valence-electron chi connectivity index (χ3n) is 4.70. The summed E-state index contributed by atoms with van der Waals surface area (Å²) in [5.74, 6) is -2.12. The van der Waals surface area contributed by atoms with Crippen molar-refractivity contribution in [3.05, 3.63) is 70.2 Å². The quantitative estimate of drug-likeness (QED) is 0.768. The topological polar surface area (TPSA) is 43.9 Å². The lowest BCUT2D eigenvalue weighted by atomic mass is 9.88. The number of hydrogen-bond acceptors (Lipinski definition) is 3. The maximum Gasteiger partial charge on any atom is 0.295 e. The zero-order chi connectivity index (χ0) is 19.9. The summed E-state index contributed by atoms with van der Waals surface area (Å²) in [7, 11) is 0.532. The first-order valence-corrected chi connectivity index (χ1v) is 10.0. The normalized spacial score (nSPS) is 21.9. The van der Waals surface area contributed by atoms with Crippen molar-refractivity contribution in [3.63, 3.8) is 0 Å². The van der Waals surface area contributed by atoms with E-state index in [2.05, 4.69) is 0 Å². The third kappa shape index (κ3) is 3.60. The van der Waals surface area contributed by atoms with Crippen LogP contribution in [-0.2, 0) is 10.2 Å². The minimum atomic E-state index is -3.89. The Balaban J connectivity index is 2.20. The third-order valence-corrected chi connectivity index (χ3v) is 6.85. The van der Waals surface area contributed by atoms with E-state index in [0.29, 0.717) is 10.6 Å². The smallest absolute Gasteiger partial charge is 0.229 e. The SMILES string of the molecule is CN1CC(c2c(F)cccc2F)C(c2ccc(Cl)cc2)N1S(=O)(=O)N(C)C. The van der Waals surface area contributed by atoms with Gasteiger partial charge in [0, 0.05) is 44.2 Å². The van der Waals surface area contributed by atoms with E-state index in [1.165, 1.54) is 41.7 Å². The van der Waals surface area contributed by atoms with Gasteiger partial charge in [-0.1, -0.05) is 29.8 Å². The predicted octanol–water partition coefficient (Wildman–Crippen LogP) is 3.41. The molecule has 1 saturated heterocycles. The molecule has 2 aromatic rings. The Kier molecular flexibility index (Phi) is 5.56. The standard InChI is InChI=1S/C18H20ClF2N3O2S/c1-22(2)27(25,26)24-18(12-7-9-13(19)10-8-12)14(11-23(24)3)17-15(20)5-4-6-16(17)21/h4-10,14,18H,11H2,1-3H3. The highest BCUT2D eigenvalue weighted by molar-refractivity contribution is 7.86. The Bertz CT molecular complexity index is 918. The van der Waals surface area contributed by atoms with Crippen molar-refractivity contribution in [1.29, 1.82) is 0 Å². The van der Waals surface area contributed by atoms with Gasteiger partial charge in [0.2, 0.25) is 0 Å². The number of hydrazine groups is 1. The summed E-state index contributed by atoms with van der Waals surface area (Å²) >= 11 is 5.96. The summed E-state index contributed by atoms with van der Waals surface area (Å²) in [5.41, 5.74) is 0.475. The lowest BCUT2D eigenvalue weighted by molar-refractivity contribution is 0.116. The Morgan fingerprint density at radius 2 is 1.63 bits per heavy atom. The Morgan fingerprint density at radius 1 is 1.07 bits per heavy atom. The maximum atomic E-state index is 14.5. The number of hydrogen-bond donors (Lipinski definition) is 0. The van der Waals surface area contributed by atoms with Crippen LogP contribution in [0.3, 0.4) is 0 Å². The fourth-order valence-corrected chi connectivity index (χ4v) is 4.89. The van der Waals surface area contributed by atoms with Gasteiger partial charge in [-0.3, -0.25) is 0 Å². The molecule has 0 bridgehead atoms. The molecule has 146 valence electrons. The first-order valence-electron chi connectivity index (χ1n) is 8.27. The fraction of sp³-hybridized carbons (Fsp3) is 0.333. The second kappa shape index (κ2) is 7.44. The second-order valence-electron chi connectivity index (χ2n) is 6.64. The van der Waals surface area contributed by atoms with Crippen LogP contribution in [0.1, 0.15) is 23.1 Å². The van der Waals surface area contributed by atoms with Crippen LogP contribution in [0.15, 0.2) is 42.5 Å². The van der Waals surface area contributed by atoms with E-state index in [0.717, 1.165) is 4.31 Å². The van der Waals surface area contributed by atoms with E-state index < -0.39 is 33.8 Å². The van der Waals surface area contributed by atoms with Crippen LogP contribution in [-0.4, -0.2) is 49.8 Å². The van der Waals surface area contributed by atoms with E-state index in [1.807, 2.05) is 0 Å². The number of benzene rings is 2. The predicted molar refractivity (Wildman–Crippen MR) is 100 cm³/mol. The molecule has 0 amide bonds. The molecule has 3 rings (SSSR count). The van der Waals surface area contributed by atoms with E-state index in [9.17, 15) is 17.2 Å². The van der Waals surface area contributed by atoms with Gasteiger partial charge in [0.1, 0.15) is 11.6 Å². The van der Waals surface area contributed by atoms with Crippen LogP contribution in [0.25, 0.3) is 0 Å². The van der Waals surface area contributed by atoms with E-state index in [-0.39, 0.29) is 12.1 Å². The molecule has 2 aromatic carbocycles. The first-order chi connectivity index (χ1) is 12.6. The Labute approximate surface area is 162 Å². The van der Waals surface area contributed by atoms with Crippen LogP contribution < -0.4 is 0 Å². The lowest BCUT2D eigenvalue weighted by Gasteiger charge is -2.32. The zero-order valence-corrected chi connectivity index (χ0v) is 16.7. The van der Waals surface area contributed by atoms with Crippen molar-refractivity contribution in [2.45, 2.75) is 12.0 Å². The van der Waals surface area contributed by atoms with Gasteiger partial charge in [-0.15, -0.1) is 4.41 Å². The maximum absolute atomic E-state index is 14.5. The van der Waals surface area contributed by atoms with Crippen molar-refractivity contribution in [1.82, 2.24) is 13.7 Å². The van der Waals surface area contributed by atoms with E-state index in [4.69, 9.17) is 11.6 Å². The van der Waals surface area contributed by atoms with Crippen LogP contribution in [0.2, 0.25) is 5.02 Å². The minimum absolute atomic E-state index is 0.124. The summed E-state index contributed by atoms with van der Waals surface area (Å²) in [5, 5.41) is 1.96. The summed E-state index contributed by atoms with van der Waals surface area (Å²) in [6.45, 7) is 0.137. The van der Waals surface area contributed by atoms with Gasteiger partial charge in [0.15, 0.2) is 0 Å². The molecule has 27 heavy (non-hydrogen) atoms. The van der Waals surface area contributed by atoms with Crippen molar-refractivity contribution >= 4 is 21.8 Å². The van der Waals surface area contributed by atoms with Crippen molar-refractivity contribution in [2.24, 2.45) is 0 Å². The van der Waals surface area contributed by atoms with Crippen molar-refractivity contribution in [3.8, 4) is 0 Å². The van der Waals surface area contributed by atoms with E-state index >= 15 is 0 Å². The van der Waals surface area contributed by atoms with Gasteiger partial charge >= 0.3 is 0 Å². The molecule has 1 aliphatic heterocycles. The van der Waals surface area contributed by atoms with Gasteiger partial charge in [-0.25, -0.2) is 13.8 Å². The summed E-state index contributed by atoms with van der Waals surface area (Å²) in [6, 6.07) is 9.45. The highest BCUT2D eigenvalue weighted by Gasteiger charge is 2.48. The van der Waals surface area contributed by atoms with Crippen LogP contribution in [0.5, 0.6) is 0 Å². The van der Waals surface area contributed by atoms with Crippen molar-refractivity contribution in [2.75, 3.05) is 27.7 Å². The van der Waals surface area contributed by atoms with Gasteiger partial charge in [-0.2, -0.15) is 12.7 Å². The van der Waals surface area contributed by atoms with Gasteiger partial charge in [0.25, 0.3) is 10.2 Å². The monoisotopic (exact) mass is 415 g/mol. The van der Waals surface area contributed by atoms with Crippen LogP contribution in [0.4, 0.5) is 8.78 Å². The number of nitrogens with zero attached hydrogens (tertiary/aromatic N) is 3. The summed E-state index contributed by atoms with van der Waals surface area (Å²) < 4.78 is 57.1. The molecule has 1 heterocycles. The van der Waals surface area contributed by atoms with Crippen LogP contribution >= 0.6 is 11.6 Å². The highest BCUT2D eigenvalue weighted by atomic mass is 35.5. The lowest BCUT2D eigenvalue weighted by Crippen LogP contribution is -2.46. The molecule has 0 saturated carbocycles. The second-order valence-corrected chi connectivity index (χ2v) is 9.08. The number of halogens is 3. The molecule has 5 nitrogen and oxygen atoms in total. The first kappa shape index (κ1) is 20.2. The molecule has 9 heteroatoms. The molecule has 1 fully saturated rings. The Hall–Kier alpha value is -1.58. The molecule has 2 atom stereocenters. The average Bonchev–Trinajstić information content (AvgIpc) is 2.93. The van der Waals surface area contributed by atoms with Gasteiger partial charge in [-0.05, 0) is 29.8 Å². The molecule has 0 aromatic heterocycles. The molecule has 1 aliphatic rings. The number of rotatable bonds is 4. The van der Waals surface area contributed by atoms with Crippen LogP contribution in [0, 0.1) is 11.6 Å². The molecule has 2 unspecified atom stereocenters. The Morgan fingerprint density at radius 3 is 2.15 bits per heavy atom. The van der Waals surface area contributed by atoms with Crippen molar-refractivity contribution < 1.29 is 17.2 Å². The largest absolute Gasteiger partial charge is 0.295 e. The van der Waals surface area contributed by atoms with E-state index in [1.54, 1.807) is 31.3 Å². The highest BCUT2D eigenvalue weighted by Crippen LogP contribution is 2.45. The summed E-state index contributed by atoms with van der Waals surface area (Å²) in [4.78, 5) is 0. The molecular weight excluding hydrogens is 396 g/mol.